The number of pyridine rings is 1. The third-order valence-corrected chi connectivity index (χ3v) is 5.87. The van der Waals surface area contributed by atoms with Gasteiger partial charge in [-0.2, -0.15) is 0 Å². The largest absolute Gasteiger partial charge is 0.352 e. The number of carbonyl (C=O) groups is 1. The Labute approximate surface area is 181 Å². The standard InChI is InChI=1S/C22H27ClN6O/c1-22(2,3)15-7-8-18-17(14-15)25-20(27(18)4)26-21(30)29-12-10-28(11-13-29)19-16(23)6-5-9-24-19/h5-9,14H,10-13H2,1-4H3,(H,25,26,30). The molecule has 1 saturated heterocycles. The average Bonchev–Trinajstić information content (AvgIpc) is 3.03. The molecule has 1 fully saturated rings. The molecule has 0 atom stereocenters. The van der Waals surface area contributed by atoms with Crippen LogP contribution in [0.15, 0.2) is 36.5 Å². The first-order valence-corrected chi connectivity index (χ1v) is 10.5. The molecule has 0 bridgehead atoms. The number of hydrogen-bond acceptors (Lipinski definition) is 4. The zero-order chi connectivity index (χ0) is 21.5. The fourth-order valence-corrected chi connectivity index (χ4v) is 3.93. The highest BCUT2D eigenvalue weighted by atomic mass is 35.5. The van der Waals surface area contributed by atoms with Crippen LogP contribution in [0.3, 0.4) is 0 Å². The third-order valence-electron chi connectivity index (χ3n) is 5.57. The summed E-state index contributed by atoms with van der Waals surface area (Å²) in [5, 5.41) is 3.60. The van der Waals surface area contributed by atoms with Crippen LogP contribution in [-0.2, 0) is 12.5 Å². The van der Waals surface area contributed by atoms with Crippen molar-refractivity contribution in [2.75, 3.05) is 36.4 Å². The first-order valence-electron chi connectivity index (χ1n) is 10.1. The van der Waals surface area contributed by atoms with Crippen LogP contribution < -0.4 is 10.2 Å². The summed E-state index contributed by atoms with van der Waals surface area (Å²) in [7, 11) is 1.92. The number of fused-ring (bicyclic) bond motifs is 1. The quantitative estimate of drug-likeness (QED) is 0.664. The SMILES string of the molecule is Cn1c(NC(=O)N2CCN(c3ncccc3Cl)CC2)nc2cc(C(C)(C)C)ccc21. The van der Waals surface area contributed by atoms with E-state index in [2.05, 4.69) is 59.2 Å². The van der Waals surface area contributed by atoms with Crippen molar-refractivity contribution in [1.82, 2.24) is 19.4 Å². The molecule has 3 heterocycles. The number of carbonyl (C=O) groups excluding carboxylic acids is 1. The maximum atomic E-state index is 12.8. The summed E-state index contributed by atoms with van der Waals surface area (Å²) in [6.07, 6.45) is 1.73. The van der Waals surface area contributed by atoms with Gasteiger partial charge in [-0.05, 0) is 35.2 Å². The molecule has 8 heteroatoms. The van der Waals surface area contributed by atoms with Crippen molar-refractivity contribution >= 4 is 40.4 Å². The predicted octanol–water partition coefficient (Wildman–Crippen LogP) is 4.27. The fourth-order valence-electron chi connectivity index (χ4n) is 3.68. The smallest absolute Gasteiger partial charge is 0.324 e. The van der Waals surface area contributed by atoms with Crippen molar-refractivity contribution in [2.24, 2.45) is 7.05 Å². The highest BCUT2D eigenvalue weighted by Crippen LogP contribution is 2.27. The van der Waals surface area contributed by atoms with E-state index in [0.29, 0.717) is 37.1 Å². The van der Waals surface area contributed by atoms with E-state index in [9.17, 15) is 4.79 Å². The van der Waals surface area contributed by atoms with Gasteiger partial charge >= 0.3 is 6.03 Å². The van der Waals surface area contributed by atoms with Crippen LogP contribution >= 0.6 is 11.6 Å². The lowest BCUT2D eigenvalue weighted by molar-refractivity contribution is 0.208. The Morgan fingerprint density at radius 1 is 1.13 bits per heavy atom. The first-order chi connectivity index (χ1) is 14.2. The summed E-state index contributed by atoms with van der Waals surface area (Å²) in [5.41, 5.74) is 3.14. The molecule has 3 aromatic rings. The summed E-state index contributed by atoms with van der Waals surface area (Å²) in [6.45, 7) is 9.09. The van der Waals surface area contributed by atoms with E-state index in [0.717, 1.165) is 16.9 Å². The van der Waals surface area contributed by atoms with Crippen LogP contribution in [0.25, 0.3) is 11.0 Å². The van der Waals surface area contributed by atoms with Crippen LogP contribution in [-0.4, -0.2) is 51.6 Å². The molecule has 1 aromatic carbocycles. The number of anilines is 2. The Bertz CT molecular complexity index is 1080. The summed E-state index contributed by atoms with van der Waals surface area (Å²) >= 11 is 6.25. The maximum Gasteiger partial charge on any atom is 0.324 e. The zero-order valence-electron chi connectivity index (χ0n) is 17.8. The Kier molecular flexibility index (Phi) is 5.32. The van der Waals surface area contributed by atoms with Gasteiger partial charge in [0.15, 0.2) is 0 Å². The molecule has 0 aliphatic carbocycles. The molecule has 7 nitrogen and oxygen atoms in total. The molecule has 2 amide bonds. The predicted molar refractivity (Wildman–Crippen MR) is 121 cm³/mol. The molecule has 1 aliphatic heterocycles. The molecule has 1 aliphatic rings. The minimum Gasteiger partial charge on any atom is -0.352 e. The van der Waals surface area contributed by atoms with Crippen LogP contribution in [0.5, 0.6) is 0 Å². The molecule has 0 radical (unpaired) electrons. The number of piperazine rings is 1. The molecule has 30 heavy (non-hydrogen) atoms. The van der Waals surface area contributed by atoms with Gasteiger partial charge < -0.3 is 14.4 Å². The lowest BCUT2D eigenvalue weighted by Crippen LogP contribution is -2.50. The number of hydrogen-bond donors (Lipinski definition) is 1. The van der Waals surface area contributed by atoms with Crippen molar-refractivity contribution in [1.29, 1.82) is 0 Å². The van der Waals surface area contributed by atoms with Crippen molar-refractivity contribution < 1.29 is 4.79 Å². The normalized spacial score (nSPS) is 15.0. The number of aromatic nitrogens is 3. The van der Waals surface area contributed by atoms with E-state index in [1.165, 1.54) is 5.56 Å². The second kappa shape index (κ2) is 7.80. The van der Waals surface area contributed by atoms with E-state index < -0.39 is 0 Å². The van der Waals surface area contributed by atoms with Crippen molar-refractivity contribution in [3.05, 3.63) is 47.1 Å². The highest BCUT2D eigenvalue weighted by Gasteiger charge is 2.24. The van der Waals surface area contributed by atoms with Crippen molar-refractivity contribution in [3.63, 3.8) is 0 Å². The number of benzene rings is 1. The second-order valence-electron chi connectivity index (χ2n) is 8.66. The Hall–Kier alpha value is -2.80. The van der Waals surface area contributed by atoms with E-state index in [1.807, 2.05) is 23.7 Å². The van der Waals surface area contributed by atoms with Gasteiger partial charge in [0.1, 0.15) is 5.82 Å². The minimum absolute atomic E-state index is 0.0469. The van der Waals surface area contributed by atoms with Gasteiger partial charge in [0, 0.05) is 39.4 Å². The number of rotatable bonds is 2. The fraction of sp³-hybridized carbons (Fsp3) is 0.409. The maximum absolute atomic E-state index is 12.8. The lowest BCUT2D eigenvalue weighted by atomic mass is 9.87. The number of aryl methyl sites for hydroxylation is 1. The number of imidazole rings is 1. The highest BCUT2D eigenvalue weighted by molar-refractivity contribution is 6.32. The molecule has 0 unspecified atom stereocenters. The number of urea groups is 1. The molecule has 0 spiro atoms. The van der Waals surface area contributed by atoms with Gasteiger partial charge in [0.25, 0.3) is 0 Å². The van der Waals surface area contributed by atoms with Gasteiger partial charge in [0.2, 0.25) is 5.95 Å². The van der Waals surface area contributed by atoms with Gasteiger partial charge in [-0.15, -0.1) is 0 Å². The van der Waals surface area contributed by atoms with Gasteiger partial charge in [0.05, 0.1) is 16.1 Å². The van der Waals surface area contributed by atoms with Gasteiger partial charge in [-0.25, -0.2) is 14.8 Å². The second-order valence-corrected chi connectivity index (χ2v) is 9.07. The first kappa shape index (κ1) is 20.5. The topological polar surface area (TPSA) is 66.3 Å². The molecule has 1 N–H and O–H groups in total. The van der Waals surface area contributed by atoms with Crippen molar-refractivity contribution in [3.8, 4) is 0 Å². The van der Waals surface area contributed by atoms with E-state index in [1.54, 1.807) is 11.1 Å². The minimum atomic E-state index is -0.142. The van der Waals surface area contributed by atoms with E-state index in [4.69, 9.17) is 11.6 Å². The molecular formula is C22H27ClN6O. The average molecular weight is 427 g/mol. The summed E-state index contributed by atoms with van der Waals surface area (Å²) in [4.78, 5) is 25.8. The Morgan fingerprint density at radius 2 is 1.87 bits per heavy atom. The van der Waals surface area contributed by atoms with E-state index >= 15 is 0 Å². The summed E-state index contributed by atoms with van der Waals surface area (Å²) in [5.74, 6) is 1.32. The lowest BCUT2D eigenvalue weighted by Gasteiger charge is -2.35. The van der Waals surface area contributed by atoms with Crippen molar-refractivity contribution in [2.45, 2.75) is 26.2 Å². The number of halogens is 1. The van der Waals surface area contributed by atoms with Crippen LogP contribution in [0.1, 0.15) is 26.3 Å². The Morgan fingerprint density at radius 3 is 2.53 bits per heavy atom. The molecular weight excluding hydrogens is 400 g/mol. The van der Waals surface area contributed by atoms with Crippen LogP contribution in [0.2, 0.25) is 5.02 Å². The van der Waals surface area contributed by atoms with E-state index in [-0.39, 0.29) is 11.4 Å². The summed E-state index contributed by atoms with van der Waals surface area (Å²) in [6, 6.07) is 9.79. The molecule has 0 saturated carbocycles. The number of amides is 2. The monoisotopic (exact) mass is 426 g/mol. The Balaban J connectivity index is 1.45. The molecule has 4 rings (SSSR count). The van der Waals surface area contributed by atoms with Gasteiger partial charge in [-0.1, -0.05) is 38.4 Å². The third kappa shape index (κ3) is 3.94. The van der Waals surface area contributed by atoms with Crippen LogP contribution in [0.4, 0.5) is 16.6 Å². The molecule has 158 valence electrons. The van der Waals surface area contributed by atoms with Gasteiger partial charge in [-0.3, -0.25) is 5.32 Å². The van der Waals surface area contributed by atoms with Crippen LogP contribution in [0, 0.1) is 0 Å². The number of nitrogens with one attached hydrogen (secondary N) is 1. The number of nitrogens with zero attached hydrogens (tertiary/aromatic N) is 5. The summed E-state index contributed by atoms with van der Waals surface area (Å²) < 4.78 is 1.92. The zero-order valence-corrected chi connectivity index (χ0v) is 18.6. The molecule has 2 aromatic heterocycles.